The third-order valence-electron chi connectivity index (χ3n) is 4.24. The van der Waals surface area contributed by atoms with Crippen LogP contribution in [0.15, 0.2) is 84.0 Å². The molecule has 1 heterocycles. The highest BCUT2D eigenvalue weighted by Gasteiger charge is 2.17. The lowest BCUT2D eigenvalue weighted by molar-refractivity contribution is -0.113. The summed E-state index contributed by atoms with van der Waals surface area (Å²) in [6.07, 6.45) is 0. The highest BCUT2D eigenvalue weighted by Crippen LogP contribution is 2.28. The molecule has 0 atom stereocenters. The summed E-state index contributed by atoms with van der Waals surface area (Å²) < 4.78 is 15.9. The summed E-state index contributed by atoms with van der Waals surface area (Å²) in [6.45, 7) is 0. The predicted octanol–water partition coefficient (Wildman–Crippen LogP) is 5.46. The van der Waals surface area contributed by atoms with Crippen LogP contribution in [-0.4, -0.2) is 26.4 Å². The maximum Gasteiger partial charge on any atom is 0.234 e. The van der Waals surface area contributed by atoms with Crippen molar-refractivity contribution in [1.29, 1.82) is 0 Å². The van der Waals surface area contributed by atoms with Crippen LogP contribution in [0.25, 0.3) is 17.1 Å². The highest BCUT2D eigenvalue weighted by atomic mass is 35.5. The van der Waals surface area contributed by atoms with Crippen LogP contribution in [0.1, 0.15) is 0 Å². The lowest BCUT2D eigenvalue weighted by atomic mass is 10.2. The number of rotatable bonds is 6. The molecule has 0 aliphatic carbocycles. The molecule has 0 saturated heterocycles. The van der Waals surface area contributed by atoms with Gasteiger partial charge in [0.2, 0.25) is 5.91 Å². The van der Waals surface area contributed by atoms with Gasteiger partial charge in [0.25, 0.3) is 0 Å². The topological polar surface area (TPSA) is 59.8 Å². The Hall–Kier alpha value is -3.16. The second-order valence-corrected chi connectivity index (χ2v) is 7.63. The van der Waals surface area contributed by atoms with E-state index in [1.54, 1.807) is 6.07 Å². The molecule has 30 heavy (non-hydrogen) atoms. The minimum Gasteiger partial charge on any atom is -0.323 e. The second kappa shape index (κ2) is 9.11. The van der Waals surface area contributed by atoms with Crippen molar-refractivity contribution in [3.8, 4) is 17.1 Å². The smallest absolute Gasteiger partial charge is 0.234 e. The number of anilines is 1. The van der Waals surface area contributed by atoms with Crippen molar-refractivity contribution in [3.05, 3.63) is 89.7 Å². The Morgan fingerprint density at radius 1 is 0.967 bits per heavy atom. The van der Waals surface area contributed by atoms with Crippen molar-refractivity contribution in [2.45, 2.75) is 5.16 Å². The average molecular weight is 439 g/mol. The SMILES string of the molecule is O=C(CSc1nnc(-c2ccccc2)n1-c1ccccc1)Nc1cccc(Cl)c1F. The molecule has 0 spiro atoms. The first kappa shape index (κ1) is 20.1. The molecule has 1 N–H and O–H groups in total. The van der Waals surface area contributed by atoms with Gasteiger partial charge in [-0.05, 0) is 24.3 Å². The average Bonchev–Trinajstić information content (AvgIpc) is 3.21. The molecular formula is C22H16ClFN4OS. The largest absolute Gasteiger partial charge is 0.323 e. The van der Waals surface area contributed by atoms with Crippen molar-refractivity contribution in [2.75, 3.05) is 11.1 Å². The van der Waals surface area contributed by atoms with Crippen molar-refractivity contribution in [1.82, 2.24) is 14.8 Å². The summed E-state index contributed by atoms with van der Waals surface area (Å²) >= 11 is 6.98. The minimum atomic E-state index is -0.656. The molecule has 5 nitrogen and oxygen atoms in total. The molecule has 1 aromatic heterocycles. The summed E-state index contributed by atoms with van der Waals surface area (Å²) in [7, 11) is 0. The van der Waals surface area contributed by atoms with Gasteiger partial charge in [0.05, 0.1) is 16.5 Å². The second-order valence-electron chi connectivity index (χ2n) is 6.28. The van der Waals surface area contributed by atoms with E-state index in [-0.39, 0.29) is 22.4 Å². The summed E-state index contributed by atoms with van der Waals surface area (Å²) in [5, 5.41) is 11.7. The van der Waals surface area contributed by atoms with Crippen LogP contribution in [-0.2, 0) is 4.79 Å². The van der Waals surface area contributed by atoms with Gasteiger partial charge in [-0.1, -0.05) is 78.0 Å². The summed E-state index contributed by atoms with van der Waals surface area (Å²) in [5.41, 5.74) is 1.83. The van der Waals surface area contributed by atoms with E-state index in [0.717, 1.165) is 11.3 Å². The number of para-hydroxylation sites is 1. The van der Waals surface area contributed by atoms with Crippen molar-refractivity contribution < 1.29 is 9.18 Å². The Balaban J connectivity index is 1.58. The molecule has 8 heteroatoms. The molecule has 0 aliphatic rings. The quantitative estimate of drug-likeness (QED) is 0.406. The first-order chi connectivity index (χ1) is 14.6. The van der Waals surface area contributed by atoms with Crippen LogP contribution < -0.4 is 5.32 Å². The number of hydrogen-bond donors (Lipinski definition) is 1. The first-order valence-corrected chi connectivity index (χ1v) is 10.4. The first-order valence-electron chi connectivity index (χ1n) is 9.06. The number of halogens is 2. The van der Waals surface area contributed by atoms with Gasteiger partial charge in [0.1, 0.15) is 0 Å². The zero-order valence-corrected chi connectivity index (χ0v) is 17.2. The number of amides is 1. The molecule has 0 bridgehead atoms. The molecule has 3 aromatic carbocycles. The molecule has 0 radical (unpaired) electrons. The third kappa shape index (κ3) is 4.37. The molecule has 150 valence electrons. The molecule has 0 fully saturated rings. The van der Waals surface area contributed by atoms with Gasteiger partial charge in [-0.2, -0.15) is 0 Å². The number of benzene rings is 3. The predicted molar refractivity (Wildman–Crippen MR) is 118 cm³/mol. The molecule has 1 amide bonds. The fraction of sp³-hybridized carbons (Fsp3) is 0.0455. The van der Waals surface area contributed by atoms with Gasteiger partial charge in [0, 0.05) is 11.3 Å². The fourth-order valence-electron chi connectivity index (χ4n) is 2.86. The normalized spacial score (nSPS) is 10.7. The van der Waals surface area contributed by atoms with Crippen molar-refractivity contribution in [3.63, 3.8) is 0 Å². The number of hydrogen-bond acceptors (Lipinski definition) is 4. The molecule has 4 aromatic rings. The van der Waals surface area contributed by atoms with E-state index in [1.807, 2.05) is 65.2 Å². The van der Waals surface area contributed by atoms with E-state index < -0.39 is 5.82 Å². The standard InChI is InChI=1S/C22H16ClFN4OS/c23-17-12-7-13-18(20(17)24)25-19(29)14-30-22-27-26-21(15-8-3-1-4-9-15)28(22)16-10-5-2-6-11-16/h1-13H,14H2,(H,25,29). The van der Waals surface area contributed by atoms with Gasteiger partial charge >= 0.3 is 0 Å². The Bertz CT molecular complexity index is 1170. The van der Waals surface area contributed by atoms with Gasteiger partial charge in [-0.3, -0.25) is 9.36 Å². The maximum absolute atomic E-state index is 14.0. The molecule has 0 unspecified atom stereocenters. The van der Waals surface area contributed by atoms with E-state index >= 15 is 0 Å². The van der Waals surface area contributed by atoms with Crippen LogP contribution in [0.2, 0.25) is 5.02 Å². The van der Waals surface area contributed by atoms with Crippen molar-refractivity contribution >= 4 is 35.0 Å². The zero-order chi connectivity index (χ0) is 20.9. The minimum absolute atomic E-state index is 0.0334. The van der Waals surface area contributed by atoms with E-state index in [9.17, 15) is 9.18 Å². The Labute approximate surface area is 181 Å². The zero-order valence-electron chi connectivity index (χ0n) is 15.6. The number of carbonyl (C=O) groups is 1. The van der Waals surface area contributed by atoms with Crippen LogP contribution >= 0.6 is 23.4 Å². The van der Waals surface area contributed by atoms with E-state index in [1.165, 1.54) is 23.9 Å². The van der Waals surface area contributed by atoms with Crippen LogP contribution in [0, 0.1) is 5.82 Å². The number of nitrogens with zero attached hydrogens (tertiary/aromatic N) is 3. The van der Waals surface area contributed by atoms with E-state index in [4.69, 9.17) is 11.6 Å². The van der Waals surface area contributed by atoms with Gasteiger partial charge in [0.15, 0.2) is 16.8 Å². The summed E-state index contributed by atoms with van der Waals surface area (Å²) in [4.78, 5) is 12.4. The van der Waals surface area contributed by atoms with Crippen LogP contribution in [0.4, 0.5) is 10.1 Å². The number of carbonyl (C=O) groups excluding carboxylic acids is 1. The number of thioether (sulfide) groups is 1. The number of nitrogens with one attached hydrogen (secondary N) is 1. The lowest BCUT2D eigenvalue weighted by Crippen LogP contribution is -2.15. The summed E-state index contributed by atoms with van der Waals surface area (Å²) in [6, 6.07) is 23.8. The van der Waals surface area contributed by atoms with E-state index in [0.29, 0.717) is 11.0 Å². The Morgan fingerprint density at radius 3 is 2.40 bits per heavy atom. The summed E-state index contributed by atoms with van der Waals surface area (Å²) in [5.74, 6) is -0.321. The monoisotopic (exact) mass is 438 g/mol. The lowest BCUT2D eigenvalue weighted by Gasteiger charge is -2.10. The third-order valence-corrected chi connectivity index (χ3v) is 5.46. The van der Waals surface area contributed by atoms with Crippen molar-refractivity contribution in [2.24, 2.45) is 0 Å². The molecular weight excluding hydrogens is 423 g/mol. The number of aromatic nitrogens is 3. The van der Waals surface area contributed by atoms with E-state index in [2.05, 4.69) is 15.5 Å². The van der Waals surface area contributed by atoms with Gasteiger partial charge in [-0.15, -0.1) is 10.2 Å². The van der Waals surface area contributed by atoms with Crippen LogP contribution in [0.3, 0.4) is 0 Å². The highest BCUT2D eigenvalue weighted by molar-refractivity contribution is 7.99. The molecule has 0 saturated carbocycles. The Kier molecular flexibility index (Phi) is 6.11. The molecule has 4 rings (SSSR count). The van der Waals surface area contributed by atoms with Gasteiger partial charge in [-0.25, -0.2) is 4.39 Å². The fourth-order valence-corrected chi connectivity index (χ4v) is 3.79. The maximum atomic E-state index is 14.0. The molecule has 0 aliphatic heterocycles. The Morgan fingerprint density at radius 2 is 1.67 bits per heavy atom. The van der Waals surface area contributed by atoms with Gasteiger partial charge < -0.3 is 5.32 Å². The van der Waals surface area contributed by atoms with Crippen LogP contribution in [0.5, 0.6) is 0 Å².